The number of carbonyl (C=O) groups is 1. The number of hydrogen-bond acceptors (Lipinski definition) is 5. The van der Waals surface area contributed by atoms with Gasteiger partial charge in [0.05, 0.1) is 12.3 Å². The van der Waals surface area contributed by atoms with Gasteiger partial charge in [-0.15, -0.1) is 0 Å². The number of benzene rings is 2. The number of amides is 1. The Kier molecular flexibility index (Phi) is 6.73. The Morgan fingerprint density at radius 3 is 2.61 bits per heavy atom. The number of hydrazone groups is 1. The fraction of sp³-hybridized carbons (Fsp3) is 0.136. The Morgan fingerprint density at radius 2 is 1.82 bits per heavy atom. The molecule has 0 aliphatic carbocycles. The van der Waals surface area contributed by atoms with Crippen molar-refractivity contribution in [3.63, 3.8) is 0 Å². The minimum absolute atomic E-state index is 0.106. The fourth-order valence-electron chi connectivity index (χ4n) is 2.46. The average Bonchev–Trinajstić information content (AvgIpc) is 2.76. The lowest BCUT2D eigenvalue weighted by Gasteiger charge is -2.10. The highest BCUT2D eigenvalue weighted by Crippen LogP contribution is 2.18. The third-order valence-electron chi connectivity index (χ3n) is 3.98. The first-order chi connectivity index (χ1) is 13.7. The van der Waals surface area contributed by atoms with Crippen LogP contribution in [-0.2, 0) is 11.4 Å². The van der Waals surface area contributed by atoms with Crippen molar-refractivity contribution in [3.8, 4) is 5.75 Å². The minimum atomic E-state index is -0.232. The van der Waals surface area contributed by atoms with E-state index in [9.17, 15) is 4.79 Å². The van der Waals surface area contributed by atoms with Gasteiger partial charge >= 0.3 is 0 Å². The Morgan fingerprint density at radius 1 is 1.04 bits per heavy atom. The highest BCUT2D eigenvalue weighted by molar-refractivity contribution is 5.99. The maximum Gasteiger partial charge on any atom is 0.259 e. The van der Waals surface area contributed by atoms with E-state index in [0.29, 0.717) is 12.3 Å². The summed E-state index contributed by atoms with van der Waals surface area (Å²) in [7, 11) is 0. The van der Waals surface area contributed by atoms with Crippen LogP contribution in [0.2, 0.25) is 0 Å². The van der Waals surface area contributed by atoms with E-state index in [-0.39, 0.29) is 12.5 Å². The first kappa shape index (κ1) is 19.1. The van der Waals surface area contributed by atoms with Crippen LogP contribution < -0.4 is 15.5 Å². The molecule has 0 fully saturated rings. The van der Waals surface area contributed by atoms with E-state index in [1.54, 1.807) is 12.4 Å². The van der Waals surface area contributed by atoms with Crippen molar-refractivity contribution in [2.45, 2.75) is 13.5 Å². The molecule has 0 spiro atoms. The van der Waals surface area contributed by atoms with E-state index >= 15 is 0 Å². The SMILES string of the molecule is CC(=NNC(=O)CNc1cccc(OCc2ccccc2)c1)c1ccncc1. The average molecular weight is 374 g/mol. The Balaban J connectivity index is 1.48. The number of ether oxygens (including phenoxy) is 1. The molecule has 2 aromatic carbocycles. The second-order valence-corrected chi connectivity index (χ2v) is 6.12. The monoisotopic (exact) mass is 374 g/mol. The third kappa shape index (κ3) is 5.95. The van der Waals surface area contributed by atoms with Gasteiger partial charge in [-0.1, -0.05) is 36.4 Å². The van der Waals surface area contributed by atoms with Gasteiger partial charge in [0.1, 0.15) is 12.4 Å². The quantitative estimate of drug-likeness (QED) is 0.466. The summed E-state index contributed by atoms with van der Waals surface area (Å²) in [5, 5.41) is 7.19. The molecule has 0 saturated carbocycles. The van der Waals surface area contributed by atoms with Crippen LogP contribution in [0.3, 0.4) is 0 Å². The number of aromatic nitrogens is 1. The molecule has 142 valence electrons. The number of anilines is 1. The summed E-state index contributed by atoms with van der Waals surface area (Å²) >= 11 is 0. The number of rotatable bonds is 8. The Hall–Kier alpha value is -3.67. The van der Waals surface area contributed by atoms with E-state index in [1.165, 1.54) is 0 Å². The van der Waals surface area contributed by atoms with Crippen molar-refractivity contribution >= 4 is 17.3 Å². The van der Waals surface area contributed by atoms with Gasteiger partial charge in [0, 0.05) is 29.7 Å². The van der Waals surface area contributed by atoms with Gasteiger partial charge in [-0.05, 0) is 36.8 Å². The lowest BCUT2D eigenvalue weighted by molar-refractivity contribution is -0.119. The molecule has 1 aromatic heterocycles. The molecule has 0 saturated heterocycles. The van der Waals surface area contributed by atoms with Crippen LogP contribution in [-0.4, -0.2) is 23.1 Å². The first-order valence-corrected chi connectivity index (χ1v) is 8.95. The molecule has 6 heteroatoms. The van der Waals surface area contributed by atoms with Gasteiger partial charge in [0.15, 0.2) is 0 Å². The second kappa shape index (κ2) is 9.87. The lowest BCUT2D eigenvalue weighted by atomic mass is 10.2. The molecule has 28 heavy (non-hydrogen) atoms. The zero-order valence-corrected chi connectivity index (χ0v) is 15.6. The smallest absolute Gasteiger partial charge is 0.259 e. The maximum atomic E-state index is 12.0. The van der Waals surface area contributed by atoms with Crippen molar-refractivity contribution in [3.05, 3.63) is 90.3 Å². The van der Waals surface area contributed by atoms with Gasteiger partial charge in [-0.2, -0.15) is 5.10 Å². The van der Waals surface area contributed by atoms with Crippen LogP contribution in [0.5, 0.6) is 5.75 Å². The van der Waals surface area contributed by atoms with Gasteiger partial charge in [0.2, 0.25) is 0 Å². The topological polar surface area (TPSA) is 75.6 Å². The molecule has 2 N–H and O–H groups in total. The van der Waals surface area contributed by atoms with Gasteiger partial charge in [0.25, 0.3) is 5.91 Å². The Bertz CT molecular complexity index is 928. The molecular formula is C22H22N4O2. The van der Waals surface area contributed by atoms with E-state index in [0.717, 1.165) is 22.6 Å². The number of nitrogens with one attached hydrogen (secondary N) is 2. The van der Waals surface area contributed by atoms with E-state index in [1.807, 2.05) is 73.7 Å². The third-order valence-corrected chi connectivity index (χ3v) is 3.98. The molecule has 0 bridgehead atoms. The standard InChI is InChI=1S/C22H22N4O2/c1-17(19-10-12-23-13-11-19)25-26-22(27)15-24-20-8-5-9-21(14-20)28-16-18-6-3-2-4-7-18/h2-14,24H,15-16H2,1H3,(H,26,27). The summed E-state index contributed by atoms with van der Waals surface area (Å²) in [6, 6.07) is 21.2. The van der Waals surface area contributed by atoms with E-state index < -0.39 is 0 Å². The molecular weight excluding hydrogens is 352 g/mol. The molecule has 0 aliphatic rings. The number of carbonyl (C=O) groups excluding carboxylic acids is 1. The molecule has 0 radical (unpaired) electrons. The van der Waals surface area contributed by atoms with Crippen LogP contribution in [0.15, 0.2) is 84.2 Å². The molecule has 1 heterocycles. The predicted octanol–water partition coefficient (Wildman–Crippen LogP) is 3.61. The van der Waals surface area contributed by atoms with Crippen LogP contribution in [0.4, 0.5) is 5.69 Å². The highest BCUT2D eigenvalue weighted by Gasteiger charge is 2.03. The molecule has 6 nitrogen and oxygen atoms in total. The minimum Gasteiger partial charge on any atom is -0.489 e. The summed E-state index contributed by atoms with van der Waals surface area (Å²) in [5.74, 6) is 0.504. The predicted molar refractivity (Wildman–Crippen MR) is 110 cm³/mol. The van der Waals surface area contributed by atoms with Crippen LogP contribution in [0.25, 0.3) is 0 Å². The molecule has 0 aliphatic heterocycles. The van der Waals surface area contributed by atoms with Gasteiger partial charge in [-0.25, -0.2) is 5.43 Å². The van der Waals surface area contributed by atoms with Crippen LogP contribution in [0, 0.1) is 0 Å². The van der Waals surface area contributed by atoms with Crippen LogP contribution >= 0.6 is 0 Å². The molecule has 0 unspecified atom stereocenters. The van der Waals surface area contributed by atoms with Crippen molar-refractivity contribution in [1.29, 1.82) is 0 Å². The summed E-state index contributed by atoms with van der Waals surface area (Å²) in [6.07, 6.45) is 3.37. The van der Waals surface area contributed by atoms with Crippen molar-refractivity contribution in [1.82, 2.24) is 10.4 Å². The van der Waals surface area contributed by atoms with Crippen LogP contribution in [0.1, 0.15) is 18.1 Å². The van der Waals surface area contributed by atoms with E-state index in [4.69, 9.17) is 4.74 Å². The summed E-state index contributed by atoms with van der Waals surface area (Å²) < 4.78 is 5.80. The molecule has 3 rings (SSSR count). The summed E-state index contributed by atoms with van der Waals surface area (Å²) in [5.41, 5.74) is 6.07. The second-order valence-electron chi connectivity index (χ2n) is 6.12. The molecule has 1 amide bonds. The number of nitrogens with zero attached hydrogens (tertiary/aromatic N) is 2. The zero-order chi connectivity index (χ0) is 19.6. The maximum absolute atomic E-state index is 12.0. The highest BCUT2D eigenvalue weighted by atomic mass is 16.5. The largest absolute Gasteiger partial charge is 0.489 e. The van der Waals surface area contributed by atoms with Gasteiger partial charge in [-0.3, -0.25) is 9.78 Å². The fourth-order valence-corrected chi connectivity index (χ4v) is 2.46. The number of pyridine rings is 1. The first-order valence-electron chi connectivity index (χ1n) is 8.95. The summed E-state index contributed by atoms with van der Waals surface area (Å²) in [4.78, 5) is 16.0. The number of hydrogen-bond donors (Lipinski definition) is 2. The molecule has 0 atom stereocenters. The van der Waals surface area contributed by atoms with E-state index in [2.05, 4.69) is 20.8 Å². The van der Waals surface area contributed by atoms with Crippen molar-refractivity contribution in [2.75, 3.05) is 11.9 Å². The van der Waals surface area contributed by atoms with Crippen molar-refractivity contribution < 1.29 is 9.53 Å². The zero-order valence-electron chi connectivity index (χ0n) is 15.6. The molecule has 3 aromatic rings. The Labute approximate surface area is 164 Å². The summed E-state index contributed by atoms with van der Waals surface area (Å²) in [6.45, 7) is 2.43. The van der Waals surface area contributed by atoms with Crippen molar-refractivity contribution in [2.24, 2.45) is 5.10 Å². The normalized spacial score (nSPS) is 11.0. The van der Waals surface area contributed by atoms with Gasteiger partial charge < -0.3 is 10.1 Å². The lowest BCUT2D eigenvalue weighted by Crippen LogP contribution is -2.26.